The van der Waals surface area contributed by atoms with Crippen LogP contribution in [-0.2, 0) is 0 Å². The first-order valence-corrected chi connectivity index (χ1v) is 9.34. The topological polar surface area (TPSA) is 93.5 Å². The molecule has 2 aromatic carbocycles. The number of anilines is 1. The highest BCUT2D eigenvalue weighted by atomic mass is 35.5. The smallest absolute Gasteiger partial charge is 0.294 e. The van der Waals surface area contributed by atoms with Crippen LogP contribution in [-0.4, -0.2) is 22.5 Å². The first-order valence-electron chi connectivity index (χ1n) is 8.56. The summed E-state index contributed by atoms with van der Waals surface area (Å²) in [6.45, 7) is 4.66. The van der Waals surface area contributed by atoms with Crippen molar-refractivity contribution >= 4 is 46.2 Å². The van der Waals surface area contributed by atoms with Crippen LogP contribution in [0.15, 0.2) is 42.5 Å². The summed E-state index contributed by atoms with van der Waals surface area (Å²) in [6.07, 6.45) is 0.857. The molecule has 0 fully saturated rings. The van der Waals surface area contributed by atoms with Gasteiger partial charge < -0.3 is 10.1 Å². The SMILES string of the molecule is CC(C)CCOc1ccccc1C(=O)NC(=S)Nc1ccc(Cl)cc1[N+](=O)[O-]. The lowest BCUT2D eigenvalue weighted by Crippen LogP contribution is -2.34. The lowest BCUT2D eigenvalue weighted by molar-refractivity contribution is -0.383. The number of para-hydroxylation sites is 1. The summed E-state index contributed by atoms with van der Waals surface area (Å²) in [5, 5.41) is 16.5. The lowest BCUT2D eigenvalue weighted by atomic mass is 10.1. The van der Waals surface area contributed by atoms with Crippen molar-refractivity contribution in [3.63, 3.8) is 0 Å². The van der Waals surface area contributed by atoms with Crippen LogP contribution in [0.3, 0.4) is 0 Å². The molecule has 0 aliphatic rings. The van der Waals surface area contributed by atoms with E-state index in [1.165, 1.54) is 18.2 Å². The third kappa shape index (κ3) is 6.17. The number of nitrogens with one attached hydrogen (secondary N) is 2. The molecule has 0 saturated heterocycles. The number of rotatable bonds is 7. The number of nitro groups is 1. The predicted octanol–water partition coefficient (Wildman–Crippen LogP) is 4.80. The van der Waals surface area contributed by atoms with E-state index >= 15 is 0 Å². The molecule has 2 N–H and O–H groups in total. The highest BCUT2D eigenvalue weighted by Gasteiger charge is 2.18. The molecule has 0 saturated carbocycles. The summed E-state index contributed by atoms with van der Waals surface area (Å²) in [6, 6.07) is 10.9. The van der Waals surface area contributed by atoms with Gasteiger partial charge in [0.2, 0.25) is 0 Å². The van der Waals surface area contributed by atoms with Gasteiger partial charge >= 0.3 is 0 Å². The molecule has 0 aromatic heterocycles. The maximum atomic E-state index is 12.6. The third-order valence-corrected chi connectivity index (χ3v) is 4.16. The molecule has 1 amide bonds. The molecule has 0 bridgehead atoms. The van der Waals surface area contributed by atoms with Gasteiger partial charge in [0, 0.05) is 11.1 Å². The summed E-state index contributed by atoms with van der Waals surface area (Å²) >= 11 is 10.9. The molecule has 0 atom stereocenters. The third-order valence-electron chi connectivity index (χ3n) is 3.72. The van der Waals surface area contributed by atoms with E-state index in [4.69, 9.17) is 28.6 Å². The summed E-state index contributed by atoms with van der Waals surface area (Å²) in [7, 11) is 0. The Morgan fingerprint density at radius 2 is 2.00 bits per heavy atom. The largest absolute Gasteiger partial charge is 0.493 e. The van der Waals surface area contributed by atoms with Crippen molar-refractivity contribution in [2.24, 2.45) is 5.92 Å². The molecule has 0 unspecified atom stereocenters. The van der Waals surface area contributed by atoms with Gasteiger partial charge in [0.05, 0.1) is 17.1 Å². The van der Waals surface area contributed by atoms with Gasteiger partial charge in [-0.25, -0.2) is 0 Å². The molecule has 0 spiro atoms. The van der Waals surface area contributed by atoms with E-state index in [0.29, 0.717) is 23.8 Å². The number of ether oxygens (including phenoxy) is 1. The van der Waals surface area contributed by atoms with E-state index in [1.807, 2.05) is 0 Å². The predicted molar refractivity (Wildman–Crippen MR) is 113 cm³/mol. The van der Waals surface area contributed by atoms with Crippen molar-refractivity contribution in [2.45, 2.75) is 20.3 Å². The number of hydrogen-bond donors (Lipinski definition) is 2. The Labute approximate surface area is 173 Å². The molecule has 148 valence electrons. The van der Waals surface area contributed by atoms with Crippen molar-refractivity contribution in [3.05, 3.63) is 63.2 Å². The maximum Gasteiger partial charge on any atom is 0.294 e. The molecule has 0 heterocycles. The average Bonchev–Trinajstić information content (AvgIpc) is 2.63. The van der Waals surface area contributed by atoms with Crippen molar-refractivity contribution in [1.82, 2.24) is 5.32 Å². The zero-order chi connectivity index (χ0) is 20.7. The summed E-state index contributed by atoms with van der Waals surface area (Å²) < 4.78 is 5.70. The Morgan fingerprint density at radius 3 is 2.68 bits per heavy atom. The van der Waals surface area contributed by atoms with E-state index in [-0.39, 0.29) is 21.5 Å². The minimum absolute atomic E-state index is 0.0765. The molecule has 2 aromatic rings. The average molecular weight is 422 g/mol. The molecule has 9 heteroatoms. The zero-order valence-electron chi connectivity index (χ0n) is 15.4. The van der Waals surface area contributed by atoms with Gasteiger partial charge in [0.25, 0.3) is 11.6 Å². The van der Waals surface area contributed by atoms with E-state index in [9.17, 15) is 14.9 Å². The molecular weight excluding hydrogens is 402 g/mol. The molecule has 7 nitrogen and oxygen atoms in total. The van der Waals surface area contributed by atoms with E-state index in [0.717, 1.165) is 6.42 Å². The monoisotopic (exact) mass is 421 g/mol. The van der Waals surface area contributed by atoms with E-state index in [2.05, 4.69) is 24.5 Å². The summed E-state index contributed by atoms with van der Waals surface area (Å²) in [4.78, 5) is 23.1. The highest BCUT2D eigenvalue weighted by molar-refractivity contribution is 7.80. The first-order chi connectivity index (χ1) is 13.3. The van der Waals surface area contributed by atoms with Gasteiger partial charge in [-0.05, 0) is 48.8 Å². The van der Waals surface area contributed by atoms with E-state index in [1.54, 1.807) is 24.3 Å². The fourth-order valence-corrected chi connectivity index (χ4v) is 2.64. The van der Waals surface area contributed by atoms with Gasteiger partial charge in [-0.15, -0.1) is 0 Å². The number of nitrogens with zero attached hydrogens (tertiary/aromatic N) is 1. The number of halogens is 1. The van der Waals surface area contributed by atoms with Crippen LogP contribution < -0.4 is 15.4 Å². The van der Waals surface area contributed by atoms with Crippen molar-refractivity contribution in [2.75, 3.05) is 11.9 Å². The fourth-order valence-electron chi connectivity index (χ4n) is 2.27. The van der Waals surface area contributed by atoms with Crippen LogP contribution in [0.5, 0.6) is 5.75 Å². The van der Waals surface area contributed by atoms with Gasteiger partial charge in [-0.1, -0.05) is 37.6 Å². The Morgan fingerprint density at radius 1 is 1.29 bits per heavy atom. The standard InChI is InChI=1S/C19H20ClN3O4S/c1-12(2)9-10-27-17-6-4-3-5-14(17)18(24)22-19(28)21-15-8-7-13(20)11-16(15)23(25)26/h3-8,11-12H,9-10H2,1-2H3,(H2,21,22,24,28). The second-order valence-electron chi connectivity index (χ2n) is 6.35. The minimum atomic E-state index is -0.587. The molecule has 2 rings (SSSR count). The zero-order valence-corrected chi connectivity index (χ0v) is 17.0. The highest BCUT2D eigenvalue weighted by Crippen LogP contribution is 2.27. The van der Waals surface area contributed by atoms with Crippen LogP contribution in [0.25, 0.3) is 0 Å². The number of amides is 1. The number of hydrogen-bond acceptors (Lipinski definition) is 5. The lowest BCUT2D eigenvalue weighted by Gasteiger charge is -2.14. The number of thiocarbonyl (C=S) groups is 1. The second kappa shape index (κ2) is 10.0. The number of benzene rings is 2. The van der Waals surface area contributed by atoms with Crippen LogP contribution in [0.4, 0.5) is 11.4 Å². The summed E-state index contributed by atoms with van der Waals surface area (Å²) in [5.74, 6) is 0.447. The number of carbonyl (C=O) groups is 1. The van der Waals surface area contributed by atoms with Crippen LogP contribution in [0.1, 0.15) is 30.6 Å². The first kappa shape index (κ1) is 21.6. The normalized spacial score (nSPS) is 10.4. The number of nitro benzene ring substituents is 1. The quantitative estimate of drug-likeness (QED) is 0.379. The Kier molecular flexibility index (Phi) is 7.71. The molecular formula is C19H20ClN3O4S. The Balaban J connectivity index is 2.07. The van der Waals surface area contributed by atoms with Gasteiger partial charge in [-0.3, -0.25) is 20.2 Å². The van der Waals surface area contributed by atoms with Gasteiger partial charge in [-0.2, -0.15) is 0 Å². The van der Waals surface area contributed by atoms with Crippen molar-refractivity contribution < 1.29 is 14.5 Å². The van der Waals surface area contributed by atoms with Gasteiger partial charge in [0.1, 0.15) is 11.4 Å². The van der Waals surface area contributed by atoms with Crippen molar-refractivity contribution in [1.29, 1.82) is 0 Å². The molecule has 0 aliphatic carbocycles. The Bertz CT molecular complexity index is 889. The van der Waals surface area contributed by atoms with Crippen LogP contribution in [0.2, 0.25) is 5.02 Å². The van der Waals surface area contributed by atoms with Crippen molar-refractivity contribution in [3.8, 4) is 5.75 Å². The van der Waals surface area contributed by atoms with Gasteiger partial charge in [0.15, 0.2) is 5.11 Å². The molecule has 0 aliphatic heterocycles. The maximum absolute atomic E-state index is 12.6. The molecule has 28 heavy (non-hydrogen) atoms. The van der Waals surface area contributed by atoms with Crippen LogP contribution >= 0.6 is 23.8 Å². The molecule has 0 radical (unpaired) electrons. The fraction of sp³-hybridized carbons (Fsp3) is 0.263. The van der Waals surface area contributed by atoms with E-state index < -0.39 is 10.8 Å². The summed E-state index contributed by atoms with van der Waals surface area (Å²) in [5.41, 5.74) is 0.198. The Hall–Kier alpha value is -2.71. The minimum Gasteiger partial charge on any atom is -0.493 e. The second-order valence-corrected chi connectivity index (χ2v) is 7.20. The van der Waals surface area contributed by atoms with Crippen LogP contribution in [0, 0.1) is 16.0 Å². The number of carbonyl (C=O) groups excluding carboxylic acids is 1.